The van der Waals surface area contributed by atoms with Gasteiger partial charge in [-0.2, -0.15) is 0 Å². The van der Waals surface area contributed by atoms with Crippen molar-refractivity contribution in [1.29, 1.82) is 0 Å². The number of carbonyl (C=O) groups is 1. The van der Waals surface area contributed by atoms with Crippen molar-refractivity contribution < 1.29 is 9.18 Å². The molecule has 0 saturated heterocycles. The predicted octanol–water partition coefficient (Wildman–Crippen LogP) is 3.33. The fourth-order valence-corrected chi connectivity index (χ4v) is 1.40. The molecule has 0 spiro atoms. The molecule has 0 rings (SSSR count). The van der Waals surface area contributed by atoms with Crippen LogP contribution in [0.4, 0.5) is 4.39 Å². The van der Waals surface area contributed by atoms with Crippen molar-refractivity contribution in [3.8, 4) is 0 Å². The Bertz CT molecular complexity index is 256. The van der Waals surface area contributed by atoms with Crippen molar-refractivity contribution in [3.63, 3.8) is 0 Å². The van der Waals surface area contributed by atoms with Crippen LogP contribution in [0.3, 0.4) is 0 Å². The van der Waals surface area contributed by atoms with E-state index in [2.05, 4.69) is 12.2 Å². The Balaban J connectivity index is 4.57. The van der Waals surface area contributed by atoms with Crippen LogP contribution in [-0.4, -0.2) is 11.4 Å². The van der Waals surface area contributed by atoms with E-state index in [4.69, 9.17) is 0 Å². The van der Waals surface area contributed by atoms with Crippen molar-refractivity contribution in [2.75, 3.05) is 0 Å². The van der Waals surface area contributed by atoms with Gasteiger partial charge < -0.3 is 5.32 Å². The van der Waals surface area contributed by atoms with Crippen LogP contribution in [0.1, 0.15) is 53.9 Å². The van der Waals surface area contributed by atoms with E-state index < -0.39 is 5.83 Å². The molecule has 1 amide bonds. The summed E-state index contributed by atoms with van der Waals surface area (Å²) >= 11 is 0. The lowest BCUT2D eigenvalue weighted by Gasteiger charge is -2.29. The normalized spacial score (nSPS) is 16.7. The average Bonchev–Trinajstić information content (AvgIpc) is 2.16. The number of halogens is 1. The summed E-state index contributed by atoms with van der Waals surface area (Å²) in [5.74, 6) is -0.713. The van der Waals surface area contributed by atoms with Crippen LogP contribution in [0.15, 0.2) is 11.4 Å². The van der Waals surface area contributed by atoms with Gasteiger partial charge in [0, 0.05) is 11.1 Å². The maximum atomic E-state index is 12.8. The Morgan fingerprint density at radius 1 is 1.33 bits per heavy atom. The van der Waals surface area contributed by atoms with E-state index in [0.29, 0.717) is 0 Å². The number of amides is 1. The minimum atomic E-state index is -0.414. The van der Waals surface area contributed by atoms with E-state index in [1.807, 2.05) is 13.8 Å². The van der Waals surface area contributed by atoms with Gasteiger partial charge in [0.05, 0.1) is 0 Å². The standard InChI is InChI=1S/C12H22FNO/c1-6-8-12(5,7-2)14-11(15)9(3)10(4)13/h6-8H2,1-5H3,(H,14,15)/b10-9-. The molecule has 0 fully saturated rings. The second-order valence-corrected chi connectivity index (χ2v) is 4.28. The maximum absolute atomic E-state index is 12.8. The van der Waals surface area contributed by atoms with Gasteiger partial charge >= 0.3 is 0 Å². The summed E-state index contributed by atoms with van der Waals surface area (Å²) in [7, 11) is 0. The van der Waals surface area contributed by atoms with Gasteiger partial charge in [-0.05, 0) is 33.6 Å². The summed E-state index contributed by atoms with van der Waals surface area (Å²) in [6.45, 7) is 8.90. The third-order valence-electron chi connectivity index (χ3n) is 2.85. The average molecular weight is 215 g/mol. The lowest BCUT2D eigenvalue weighted by molar-refractivity contribution is -0.119. The molecule has 0 bridgehead atoms. The second kappa shape index (κ2) is 5.89. The predicted molar refractivity (Wildman–Crippen MR) is 61.2 cm³/mol. The summed E-state index contributed by atoms with van der Waals surface area (Å²) in [6.07, 6.45) is 2.76. The van der Waals surface area contributed by atoms with Gasteiger partial charge in [-0.1, -0.05) is 20.3 Å². The fraction of sp³-hybridized carbons (Fsp3) is 0.750. The molecule has 1 atom stereocenters. The smallest absolute Gasteiger partial charge is 0.249 e. The zero-order valence-electron chi connectivity index (χ0n) is 10.4. The summed E-state index contributed by atoms with van der Waals surface area (Å²) in [5.41, 5.74) is -0.0477. The Morgan fingerprint density at radius 2 is 1.87 bits per heavy atom. The molecule has 2 nitrogen and oxygen atoms in total. The van der Waals surface area contributed by atoms with Crippen molar-refractivity contribution >= 4 is 5.91 Å². The minimum Gasteiger partial charge on any atom is -0.347 e. The molecular formula is C12H22FNO. The van der Waals surface area contributed by atoms with Crippen molar-refractivity contribution in [3.05, 3.63) is 11.4 Å². The first-order valence-electron chi connectivity index (χ1n) is 5.51. The lowest BCUT2D eigenvalue weighted by atomic mass is 9.92. The Kier molecular flexibility index (Phi) is 5.55. The van der Waals surface area contributed by atoms with E-state index in [-0.39, 0.29) is 17.0 Å². The third-order valence-corrected chi connectivity index (χ3v) is 2.85. The lowest BCUT2D eigenvalue weighted by Crippen LogP contribution is -2.45. The molecule has 0 saturated carbocycles. The van der Waals surface area contributed by atoms with Crippen LogP contribution in [0.25, 0.3) is 0 Å². The molecule has 0 aromatic rings. The molecule has 3 heteroatoms. The highest BCUT2D eigenvalue weighted by Gasteiger charge is 2.24. The monoisotopic (exact) mass is 215 g/mol. The topological polar surface area (TPSA) is 29.1 Å². The van der Waals surface area contributed by atoms with Crippen molar-refractivity contribution in [2.24, 2.45) is 0 Å². The highest BCUT2D eigenvalue weighted by atomic mass is 19.1. The summed E-state index contributed by atoms with van der Waals surface area (Å²) in [6, 6.07) is 0. The molecule has 0 heterocycles. The molecule has 0 aliphatic carbocycles. The van der Waals surface area contributed by atoms with Gasteiger partial charge in [-0.25, -0.2) is 4.39 Å². The number of nitrogens with one attached hydrogen (secondary N) is 1. The summed E-state index contributed by atoms with van der Waals surface area (Å²) in [5, 5.41) is 2.89. The summed E-state index contributed by atoms with van der Waals surface area (Å²) < 4.78 is 12.8. The molecule has 0 aromatic heterocycles. The second-order valence-electron chi connectivity index (χ2n) is 4.28. The van der Waals surface area contributed by atoms with Crippen molar-refractivity contribution in [1.82, 2.24) is 5.32 Å². The molecule has 15 heavy (non-hydrogen) atoms. The molecule has 0 aromatic carbocycles. The first-order valence-corrected chi connectivity index (χ1v) is 5.51. The van der Waals surface area contributed by atoms with E-state index in [1.165, 1.54) is 13.8 Å². The fourth-order valence-electron chi connectivity index (χ4n) is 1.40. The first kappa shape index (κ1) is 14.1. The zero-order valence-corrected chi connectivity index (χ0v) is 10.4. The van der Waals surface area contributed by atoms with Gasteiger partial charge in [0.15, 0.2) is 0 Å². The summed E-state index contributed by atoms with van der Waals surface area (Å²) in [4.78, 5) is 11.6. The molecule has 0 aliphatic heterocycles. The maximum Gasteiger partial charge on any atom is 0.249 e. The Labute approximate surface area is 91.9 Å². The molecule has 0 aliphatic rings. The van der Waals surface area contributed by atoms with Gasteiger partial charge in [-0.3, -0.25) is 4.79 Å². The first-order chi connectivity index (χ1) is 6.86. The SMILES string of the molecule is CCCC(C)(CC)NC(=O)/C(C)=C(/C)F. The highest BCUT2D eigenvalue weighted by molar-refractivity contribution is 5.93. The zero-order chi connectivity index (χ0) is 12.1. The van der Waals surface area contributed by atoms with Gasteiger partial charge in [0.25, 0.3) is 0 Å². The van der Waals surface area contributed by atoms with E-state index in [9.17, 15) is 9.18 Å². The molecule has 88 valence electrons. The van der Waals surface area contributed by atoms with Crippen LogP contribution < -0.4 is 5.32 Å². The van der Waals surface area contributed by atoms with E-state index in [1.54, 1.807) is 0 Å². The van der Waals surface area contributed by atoms with Crippen LogP contribution >= 0.6 is 0 Å². The van der Waals surface area contributed by atoms with Gasteiger partial charge in [0.2, 0.25) is 5.91 Å². The van der Waals surface area contributed by atoms with Crippen LogP contribution in [0.5, 0.6) is 0 Å². The number of rotatable bonds is 5. The van der Waals surface area contributed by atoms with E-state index >= 15 is 0 Å². The van der Waals surface area contributed by atoms with Gasteiger partial charge in [0.1, 0.15) is 5.83 Å². The minimum absolute atomic E-state index is 0.172. The number of hydrogen-bond acceptors (Lipinski definition) is 1. The highest BCUT2D eigenvalue weighted by Crippen LogP contribution is 2.17. The number of carbonyl (C=O) groups excluding carboxylic acids is 1. The third kappa shape index (κ3) is 4.45. The number of hydrogen-bond donors (Lipinski definition) is 1. The molecule has 1 unspecified atom stereocenters. The molecule has 0 radical (unpaired) electrons. The molecule has 1 N–H and O–H groups in total. The Morgan fingerprint density at radius 3 is 2.20 bits per heavy atom. The molecular weight excluding hydrogens is 193 g/mol. The Hall–Kier alpha value is -0.860. The van der Waals surface area contributed by atoms with Crippen LogP contribution in [-0.2, 0) is 4.79 Å². The van der Waals surface area contributed by atoms with Crippen LogP contribution in [0, 0.1) is 0 Å². The largest absolute Gasteiger partial charge is 0.347 e. The quantitative estimate of drug-likeness (QED) is 0.700. The van der Waals surface area contributed by atoms with Crippen LogP contribution in [0.2, 0.25) is 0 Å². The number of allylic oxidation sites excluding steroid dienone is 1. The van der Waals surface area contributed by atoms with E-state index in [0.717, 1.165) is 19.3 Å². The van der Waals surface area contributed by atoms with Crippen molar-refractivity contribution in [2.45, 2.75) is 59.4 Å². The van der Waals surface area contributed by atoms with Gasteiger partial charge in [-0.15, -0.1) is 0 Å².